The molecule has 0 fully saturated rings. The quantitative estimate of drug-likeness (QED) is 0.520. The van der Waals surface area contributed by atoms with Crippen molar-refractivity contribution in [3.05, 3.63) is 62.0 Å². The molecule has 1 aromatic heterocycles. The molecule has 1 aliphatic carbocycles. The van der Waals surface area contributed by atoms with Gasteiger partial charge in [-0.25, -0.2) is 8.42 Å². The molecule has 4 rings (SSSR count). The molecular formula is C20H17ClO5S2. The van der Waals surface area contributed by atoms with E-state index in [0.29, 0.717) is 30.8 Å². The molecular weight excluding hydrogens is 420 g/mol. The van der Waals surface area contributed by atoms with E-state index in [-0.39, 0.29) is 45.4 Å². The molecule has 8 heteroatoms. The van der Waals surface area contributed by atoms with Gasteiger partial charge in [0.25, 0.3) is 0 Å². The minimum absolute atomic E-state index is 0.0174. The molecule has 28 heavy (non-hydrogen) atoms. The van der Waals surface area contributed by atoms with E-state index >= 15 is 0 Å². The van der Waals surface area contributed by atoms with Gasteiger partial charge in [0, 0.05) is 23.3 Å². The van der Waals surface area contributed by atoms with E-state index in [2.05, 4.69) is 0 Å². The predicted molar refractivity (Wildman–Crippen MR) is 107 cm³/mol. The van der Waals surface area contributed by atoms with Crippen molar-refractivity contribution in [3.8, 4) is 0 Å². The number of fused-ring (bicyclic) bond motifs is 1. The standard InChI is InChI=1S/C20H17ClO5S2/c21-19-13-8-10-28(24,25)17(13)7-6-14(19)20(23)18-15(22)4-1-5-16(18)26-11-12-3-2-9-27-12/h2-3,6-7,9H,1,4-5,8,10-11H2. The summed E-state index contributed by atoms with van der Waals surface area (Å²) in [6.07, 6.45) is 1.69. The number of Topliss-reactive ketones (excluding diaryl/α,β-unsaturated/α-hetero) is 2. The van der Waals surface area contributed by atoms with Crippen LogP contribution in [0.15, 0.2) is 45.9 Å². The zero-order valence-electron chi connectivity index (χ0n) is 14.9. The Morgan fingerprint density at radius 2 is 2.00 bits per heavy atom. The fraction of sp³-hybridized carbons (Fsp3) is 0.300. The van der Waals surface area contributed by atoms with Gasteiger partial charge >= 0.3 is 0 Å². The lowest BCUT2D eigenvalue weighted by atomic mass is 9.89. The van der Waals surface area contributed by atoms with Gasteiger partial charge in [0.1, 0.15) is 17.9 Å². The molecule has 0 radical (unpaired) electrons. The second kappa shape index (κ2) is 7.46. The van der Waals surface area contributed by atoms with Gasteiger partial charge in [0.15, 0.2) is 15.6 Å². The Hall–Kier alpha value is -1.96. The number of hydrogen-bond donors (Lipinski definition) is 0. The van der Waals surface area contributed by atoms with Crippen LogP contribution in [0.5, 0.6) is 0 Å². The molecule has 0 bridgehead atoms. The van der Waals surface area contributed by atoms with Gasteiger partial charge in [0.05, 0.1) is 15.7 Å². The van der Waals surface area contributed by atoms with Gasteiger partial charge < -0.3 is 4.74 Å². The highest BCUT2D eigenvalue weighted by molar-refractivity contribution is 7.91. The third-order valence-corrected chi connectivity index (χ3v) is 8.04. The third kappa shape index (κ3) is 3.43. The van der Waals surface area contributed by atoms with Gasteiger partial charge in [-0.15, -0.1) is 11.3 Å². The number of carbonyl (C=O) groups excluding carboxylic acids is 2. The molecule has 1 aliphatic heterocycles. The highest BCUT2D eigenvalue weighted by Gasteiger charge is 2.34. The van der Waals surface area contributed by atoms with E-state index in [1.807, 2.05) is 17.5 Å². The molecule has 0 spiro atoms. The number of allylic oxidation sites excluding steroid dienone is 2. The van der Waals surface area contributed by atoms with Crippen molar-refractivity contribution >= 4 is 44.3 Å². The average Bonchev–Trinajstić information content (AvgIpc) is 3.28. The largest absolute Gasteiger partial charge is 0.492 e. The molecule has 0 unspecified atom stereocenters. The number of ether oxygens (including phenoxy) is 1. The van der Waals surface area contributed by atoms with Crippen LogP contribution in [0, 0.1) is 0 Å². The Morgan fingerprint density at radius 1 is 1.18 bits per heavy atom. The molecule has 1 aromatic carbocycles. The van der Waals surface area contributed by atoms with Crippen LogP contribution in [-0.2, 0) is 32.4 Å². The topological polar surface area (TPSA) is 77.5 Å². The molecule has 2 aromatic rings. The maximum Gasteiger partial charge on any atom is 0.201 e. The zero-order chi connectivity index (χ0) is 19.9. The number of hydrogen-bond acceptors (Lipinski definition) is 6. The molecule has 0 amide bonds. The van der Waals surface area contributed by atoms with Crippen molar-refractivity contribution in [2.24, 2.45) is 0 Å². The zero-order valence-corrected chi connectivity index (χ0v) is 17.3. The summed E-state index contributed by atoms with van der Waals surface area (Å²) in [5.74, 6) is -0.389. The Labute approximate surface area is 171 Å². The molecule has 0 atom stereocenters. The molecule has 0 saturated heterocycles. The van der Waals surface area contributed by atoms with E-state index in [4.69, 9.17) is 16.3 Å². The Morgan fingerprint density at radius 3 is 2.75 bits per heavy atom. The van der Waals surface area contributed by atoms with Crippen LogP contribution in [0.2, 0.25) is 5.02 Å². The first kappa shape index (κ1) is 19.4. The summed E-state index contributed by atoms with van der Waals surface area (Å²) < 4.78 is 30.0. The minimum Gasteiger partial charge on any atom is -0.492 e. The van der Waals surface area contributed by atoms with E-state index in [9.17, 15) is 18.0 Å². The number of ketones is 2. The number of benzene rings is 1. The lowest BCUT2D eigenvalue weighted by molar-refractivity contribution is -0.116. The van der Waals surface area contributed by atoms with Crippen molar-refractivity contribution in [2.75, 3.05) is 5.75 Å². The lowest BCUT2D eigenvalue weighted by Gasteiger charge is -2.19. The van der Waals surface area contributed by atoms with Crippen molar-refractivity contribution < 1.29 is 22.7 Å². The van der Waals surface area contributed by atoms with Crippen molar-refractivity contribution in [3.63, 3.8) is 0 Å². The first-order chi connectivity index (χ1) is 13.4. The molecule has 5 nitrogen and oxygen atoms in total. The fourth-order valence-corrected chi connectivity index (χ4v) is 6.11. The highest BCUT2D eigenvalue weighted by atomic mass is 35.5. The van der Waals surface area contributed by atoms with Crippen molar-refractivity contribution in [1.82, 2.24) is 0 Å². The van der Waals surface area contributed by atoms with Crippen molar-refractivity contribution in [1.29, 1.82) is 0 Å². The number of sulfone groups is 1. The van der Waals surface area contributed by atoms with Gasteiger partial charge in [-0.05, 0) is 42.0 Å². The third-order valence-electron chi connectivity index (χ3n) is 4.96. The monoisotopic (exact) mass is 436 g/mol. The van der Waals surface area contributed by atoms with Crippen LogP contribution in [0.3, 0.4) is 0 Å². The summed E-state index contributed by atoms with van der Waals surface area (Å²) in [4.78, 5) is 26.9. The average molecular weight is 437 g/mol. The second-order valence-electron chi connectivity index (χ2n) is 6.74. The lowest BCUT2D eigenvalue weighted by Crippen LogP contribution is -2.21. The summed E-state index contributed by atoms with van der Waals surface area (Å²) in [6.45, 7) is 0.299. The van der Waals surface area contributed by atoms with E-state index < -0.39 is 15.6 Å². The first-order valence-electron chi connectivity index (χ1n) is 8.89. The Kier molecular flexibility index (Phi) is 5.16. The van der Waals surface area contributed by atoms with Crippen LogP contribution in [-0.4, -0.2) is 25.7 Å². The molecule has 2 heterocycles. The molecule has 0 saturated carbocycles. The normalized spacial score (nSPS) is 18.2. The van der Waals surface area contributed by atoms with Gasteiger partial charge in [-0.2, -0.15) is 0 Å². The van der Waals surface area contributed by atoms with E-state index in [0.717, 1.165) is 4.88 Å². The number of halogens is 1. The SMILES string of the molecule is O=C1CCCC(OCc2cccs2)=C1C(=O)c1ccc2c(c1Cl)CCS2(=O)=O. The molecule has 146 valence electrons. The van der Waals surface area contributed by atoms with Crippen molar-refractivity contribution in [2.45, 2.75) is 37.2 Å². The summed E-state index contributed by atoms with van der Waals surface area (Å²) >= 11 is 7.93. The number of thiophene rings is 1. The Balaban J connectivity index is 1.71. The van der Waals surface area contributed by atoms with Crippen LogP contribution >= 0.6 is 22.9 Å². The highest BCUT2D eigenvalue weighted by Crippen LogP contribution is 2.36. The molecule has 0 N–H and O–H groups in total. The summed E-state index contributed by atoms with van der Waals surface area (Å²) in [5.41, 5.74) is 0.642. The van der Waals surface area contributed by atoms with Crippen LogP contribution in [0.4, 0.5) is 0 Å². The Bertz CT molecular complexity index is 1100. The number of rotatable bonds is 5. The number of carbonyl (C=O) groups is 2. The maximum absolute atomic E-state index is 13.2. The van der Waals surface area contributed by atoms with Crippen LogP contribution < -0.4 is 0 Å². The van der Waals surface area contributed by atoms with Gasteiger partial charge in [-0.3, -0.25) is 9.59 Å². The van der Waals surface area contributed by atoms with Gasteiger partial charge in [0.2, 0.25) is 5.78 Å². The van der Waals surface area contributed by atoms with Crippen LogP contribution in [0.25, 0.3) is 0 Å². The second-order valence-corrected chi connectivity index (χ2v) is 10.2. The summed E-state index contributed by atoms with van der Waals surface area (Å²) in [7, 11) is -3.35. The van der Waals surface area contributed by atoms with Gasteiger partial charge in [-0.1, -0.05) is 17.7 Å². The minimum atomic E-state index is -3.35. The van der Waals surface area contributed by atoms with E-state index in [1.165, 1.54) is 23.5 Å². The maximum atomic E-state index is 13.2. The first-order valence-corrected chi connectivity index (χ1v) is 11.8. The summed E-state index contributed by atoms with van der Waals surface area (Å²) in [6, 6.07) is 6.65. The molecule has 2 aliphatic rings. The smallest absolute Gasteiger partial charge is 0.201 e. The predicted octanol–water partition coefficient (Wildman–Crippen LogP) is 4.14. The van der Waals surface area contributed by atoms with E-state index in [1.54, 1.807) is 0 Å². The summed E-state index contributed by atoms with van der Waals surface area (Å²) in [5, 5.41) is 2.05. The van der Waals surface area contributed by atoms with Crippen LogP contribution in [0.1, 0.15) is 40.1 Å². The fourth-order valence-electron chi connectivity index (χ4n) is 3.55.